The summed E-state index contributed by atoms with van der Waals surface area (Å²) in [5.41, 5.74) is 4.01. The summed E-state index contributed by atoms with van der Waals surface area (Å²) in [6, 6.07) is 18.9. The van der Waals surface area contributed by atoms with E-state index in [4.69, 9.17) is 37.1 Å². The number of halogens is 2. The molecule has 1 aromatic heterocycles. The van der Waals surface area contributed by atoms with Crippen LogP contribution in [0.1, 0.15) is 28.6 Å². The van der Waals surface area contributed by atoms with Crippen LogP contribution in [0.5, 0.6) is 5.75 Å². The monoisotopic (exact) mass is 522 g/mol. The third-order valence-corrected chi connectivity index (χ3v) is 7.10. The number of hydrogen-bond donors (Lipinski definition) is 1. The van der Waals surface area contributed by atoms with Gasteiger partial charge in [0.05, 0.1) is 31.5 Å². The van der Waals surface area contributed by atoms with Crippen molar-refractivity contribution in [1.29, 1.82) is 0 Å². The second-order valence-electron chi connectivity index (χ2n) is 8.92. The van der Waals surface area contributed by atoms with E-state index in [0.717, 1.165) is 33.5 Å². The molecule has 6 rings (SSSR count). The van der Waals surface area contributed by atoms with Crippen LogP contribution in [-0.2, 0) is 4.74 Å². The van der Waals surface area contributed by atoms with E-state index < -0.39 is 0 Å². The summed E-state index contributed by atoms with van der Waals surface area (Å²) in [6.45, 7) is 3.05. The Bertz CT molecular complexity index is 1420. The summed E-state index contributed by atoms with van der Waals surface area (Å²) in [7, 11) is 0. The van der Waals surface area contributed by atoms with Gasteiger partial charge in [-0.3, -0.25) is 4.79 Å². The molecule has 8 heteroatoms. The van der Waals surface area contributed by atoms with Crippen LogP contribution in [0.4, 0.5) is 5.69 Å². The van der Waals surface area contributed by atoms with Crippen molar-refractivity contribution >= 4 is 45.8 Å². The number of nitrogens with zero attached hydrogens (tertiary/aromatic N) is 1. The maximum absolute atomic E-state index is 13.8. The molecule has 0 unspecified atom stereocenters. The Labute approximate surface area is 218 Å². The Morgan fingerprint density at radius 1 is 0.944 bits per heavy atom. The lowest BCUT2D eigenvalue weighted by molar-refractivity contribution is 0.0897. The zero-order chi connectivity index (χ0) is 24.6. The third-order valence-electron chi connectivity index (χ3n) is 6.66. The highest BCUT2D eigenvalue weighted by atomic mass is 35.5. The smallest absolute Gasteiger partial charge is 0.289 e. The number of carbonyl (C=O) groups excluding carboxylic acids is 1. The van der Waals surface area contributed by atoms with Gasteiger partial charge >= 0.3 is 0 Å². The molecule has 0 saturated carbocycles. The highest BCUT2D eigenvalue weighted by Crippen LogP contribution is 2.41. The average molecular weight is 523 g/mol. The van der Waals surface area contributed by atoms with E-state index in [9.17, 15) is 4.79 Å². The van der Waals surface area contributed by atoms with Crippen molar-refractivity contribution in [1.82, 2.24) is 5.32 Å². The first kappa shape index (κ1) is 23.2. The van der Waals surface area contributed by atoms with Crippen molar-refractivity contribution in [2.45, 2.75) is 12.5 Å². The van der Waals surface area contributed by atoms with Crippen molar-refractivity contribution in [2.75, 3.05) is 37.8 Å². The molecule has 6 nitrogen and oxygen atoms in total. The number of fused-ring (bicyclic) bond motifs is 2. The van der Waals surface area contributed by atoms with E-state index in [0.29, 0.717) is 55.0 Å². The Balaban J connectivity index is 1.45. The standard InChI is InChI=1S/C28H24Cl2N2O4/c29-18-14-17(15-19(30)16-18)20-5-3-6-22-25(32-9-12-34-13-10-32)27(36-26(20)22)28(33)31-23-8-11-35-24-7-2-1-4-21(23)24/h1-7,14-16,23H,8-13H2,(H,31,33)/t23-/m0/s1. The number of furan rings is 1. The lowest BCUT2D eigenvalue weighted by Gasteiger charge is -2.29. The number of anilines is 1. The normalized spacial score (nSPS) is 17.5. The van der Waals surface area contributed by atoms with Gasteiger partial charge in [-0.15, -0.1) is 0 Å². The fourth-order valence-corrected chi connectivity index (χ4v) is 5.54. The lowest BCUT2D eigenvalue weighted by atomic mass is 10.0. The minimum atomic E-state index is -0.260. The van der Waals surface area contributed by atoms with Crippen molar-refractivity contribution < 1.29 is 18.7 Å². The van der Waals surface area contributed by atoms with Gasteiger partial charge in [0.2, 0.25) is 5.76 Å². The number of ether oxygens (including phenoxy) is 2. The van der Waals surface area contributed by atoms with Crippen LogP contribution < -0.4 is 15.0 Å². The largest absolute Gasteiger partial charge is 0.493 e. The number of amides is 1. The van der Waals surface area contributed by atoms with Gasteiger partial charge in [0, 0.05) is 46.1 Å². The maximum Gasteiger partial charge on any atom is 0.289 e. The van der Waals surface area contributed by atoms with Gasteiger partial charge < -0.3 is 24.1 Å². The second kappa shape index (κ2) is 9.69. The first-order valence-electron chi connectivity index (χ1n) is 12.0. The zero-order valence-electron chi connectivity index (χ0n) is 19.4. The molecule has 1 amide bonds. The summed E-state index contributed by atoms with van der Waals surface area (Å²) in [4.78, 5) is 15.9. The maximum atomic E-state index is 13.8. The average Bonchev–Trinajstić information content (AvgIpc) is 3.29. The van der Waals surface area contributed by atoms with Gasteiger partial charge in [-0.05, 0) is 35.9 Å². The molecule has 1 atom stereocenters. The van der Waals surface area contributed by atoms with Gasteiger partial charge in [-0.2, -0.15) is 0 Å². The summed E-state index contributed by atoms with van der Waals surface area (Å²) >= 11 is 12.6. The first-order chi connectivity index (χ1) is 17.6. The topological polar surface area (TPSA) is 63.9 Å². The molecular formula is C28H24Cl2N2O4. The van der Waals surface area contributed by atoms with E-state index >= 15 is 0 Å². The van der Waals surface area contributed by atoms with Gasteiger partial charge in [0.25, 0.3) is 5.91 Å². The lowest BCUT2D eigenvalue weighted by Crippen LogP contribution is -2.38. The molecule has 4 aromatic rings. The molecule has 2 aliphatic heterocycles. The Morgan fingerprint density at radius 2 is 1.72 bits per heavy atom. The van der Waals surface area contributed by atoms with E-state index in [1.807, 2.05) is 54.6 Å². The van der Waals surface area contributed by atoms with E-state index in [-0.39, 0.29) is 17.7 Å². The molecule has 1 saturated heterocycles. The summed E-state index contributed by atoms with van der Waals surface area (Å²) < 4.78 is 17.7. The summed E-state index contributed by atoms with van der Waals surface area (Å²) in [6.07, 6.45) is 0.683. The molecule has 1 N–H and O–H groups in total. The van der Waals surface area contributed by atoms with Crippen LogP contribution in [-0.4, -0.2) is 38.8 Å². The molecule has 1 fully saturated rings. The molecule has 0 radical (unpaired) electrons. The Kier molecular flexibility index (Phi) is 6.25. The molecule has 184 valence electrons. The molecule has 0 aliphatic carbocycles. The van der Waals surface area contributed by atoms with Crippen molar-refractivity contribution in [3.05, 3.63) is 82.0 Å². The van der Waals surface area contributed by atoms with Crippen LogP contribution in [0.15, 0.2) is 65.1 Å². The molecule has 36 heavy (non-hydrogen) atoms. The van der Waals surface area contributed by atoms with Crippen molar-refractivity contribution in [3.8, 4) is 16.9 Å². The Hall–Kier alpha value is -3.19. The molecule has 2 aliphatic rings. The Morgan fingerprint density at radius 3 is 2.53 bits per heavy atom. The van der Waals surface area contributed by atoms with Gasteiger partial charge in [0.15, 0.2) is 0 Å². The minimum Gasteiger partial charge on any atom is -0.493 e. The summed E-state index contributed by atoms with van der Waals surface area (Å²) in [5, 5.41) is 5.13. The highest BCUT2D eigenvalue weighted by molar-refractivity contribution is 6.35. The molecule has 3 heterocycles. The van der Waals surface area contributed by atoms with Crippen LogP contribution in [0.25, 0.3) is 22.1 Å². The van der Waals surface area contributed by atoms with Crippen molar-refractivity contribution in [3.63, 3.8) is 0 Å². The van der Waals surface area contributed by atoms with Crippen molar-refractivity contribution in [2.24, 2.45) is 0 Å². The van der Waals surface area contributed by atoms with E-state index in [2.05, 4.69) is 10.2 Å². The quantitative estimate of drug-likeness (QED) is 0.331. The van der Waals surface area contributed by atoms with Crippen LogP contribution in [0.3, 0.4) is 0 Å². The highest BCUT2D eigenvalue weighted by Gasteiger charge is 2.30. The van der Waals surface area contributed by atoms with Gasteiger partial charge in [-0.25, -0.2) is 0 Å². The predicted molar refractivity (Wildman–Crippen MR) is 141 cm³/mol. The third kappa shape index (κ3) is 4.30. The number of benzene rings is 3. The minimum absolute atomic E-state index is 0.167. The number of rotatable bonds is 4. The number of carbonyl (C=O) groups is 1. The molecule has 0 spiro atoms. The van der Waals surface area contributed by atoms with Crippen LogP contribution >= 0.6 is 23.2 Å². The predicted octanol–water partition coefficient (Wildman–Crippen LogP) is 6.50. The fraction of sp³-hybridized carbons (Fsp3) is 0.250. The second-order valence-corrected chi connectivity index (χ2v) is 9.79. The van der Waals surface area contributed by atoms with Crippen LogP contribution in [0, 0.1) is 0 Å². The number of morpholine rings is 1. The van der Waals surface area contributed by atoms with Crippen LogP contribution in [0.2, 0.25) is 10.0 Å². The van der Waals surface area contributed by atoms with E-state index in [1.165, 1.54) is 0 Å². The molecule has 0 bridgehead atoms. The van der Waals surface area contributed by atoms with E-state index in [1.54, 1.807) is 6.07 Å². The first-order valence-corrected chi connectivity index (χ1v) is 12.7. The number of nitrogens with one attached hydrogen (secondary N) is 1. The fourth-order valence-electron chi connectivity index (χ4n) is 5.01. The number of hydrogen-bond acceptors (Lipinski definition) is 5. The van der Waals surface area contributed by atoms with Gasteiger partial charge in [0.1, 0.15) is 11.3 Å². The molecule has 3 aromatic carbocycles. The molecular weight excluding hydrogens is 499 g/mol. The number of para-hydroxylation sites is 2. The summed E-state index contributed by atoms with van der Waals surface area (Å²) in [5.74, 6) is 0.827. The van der Waals surface area contributed by atoms with Gasteiger partial charge in [-0.1, -0.05) is 53.5 Å². The SMILES string of the molecule is O=C(N[C@H]1CCOc2ccccc21)c1oc2c(-c3cc(Cl)cc(Cl)c3)cccc2c1N1CCOCC1. The zero-order valence-corrected chi connectivity index (χ0v) is 20.9.